The van der Waals surface area contributed by atoms with E-state index in [2.05, 4.69) is 205 Å². The molecule has 13 rings (SSSR count). The second kappa shape index (κ2) is 11.9. The molecule has 11 aromatic rings. The van der Waals surface area contributed by atoms with Crippen LogP contribution in [0.2, 0.25) is 0 Å². The first-order valence-electron chi connectivity index (χ1n) is 19.9. The van der Waals surface area contributed by atoms with Gasteiger partial charge in [0.15, 0.2) is 5.58 Å². The van der Waals surface area contributed by atoms with Crippen LogP contribution in [0.15, 0.2) is 205 Å². The lowest BCUT2D eigenvalue weighted by Gasteiger charge is -2.32. The first-order chi connectivity index (χ1) is 28.8. The first-order valence-corrected chi connectivity index (χ1v) is 20.7. The summed E-state index contributed by atoms with van der Waals surface area (Å²) in [5, 5.41) is 4.80. The molecule has 0 radical (unpaired) electrons. The number of fused-ring (bicyclic) bond motifs is 16. The zero-order valence-corrected chi connectivity index (χ0v) is 32.1. The number of benzene rings is 9. The third kappa shape index (κ3) is 4.16. The molecule has 2 heterocycles. The quantitative estimate of drug-likeness (QED) is 0.178. The van der Waals surface area contributed by atoms with Crippen LogP contribution >= 0.6 is 11.3 Å². The Morgan fingerprint density at radius 2 is 0.914 bits per heavy atom. The van der Waals surface area contributed by atoms with Crippen LogP contribution in [0, 0.1) is 0 Å². The van der Waals surface area contributed by atoms with Crippen LogP contribution in [0.5, 0.6) is 0 Å². The number of thiophene rings is 1. The standard InChI is InChI=1S/C55H33NOS/c1-7-23-44-35(15-1)36-16-2-8-24-45(36)55(44)46-25-9-3-17-37(46)38-32-31-34(33-47(38)55)56(49-27-13-22-42-40-19-5-11-28-50(40)57-54(42)49)48-26-10-4-18-39(48)41-21-14-30-52-53(41)43-20-6-12-29-51(43)58-52/h1-33H. The smallest absolute Gasteiger partial charge is 0.159 e. The summed E-state index contributed by atoms with van der Waals surface area (Å²) in [7, 11) is 0. The minimum atomic E-state index is -0.465. The van der Waals surface area contributed by atoms with Crippen molar-refractivity contribution in [1.29, 1.82) is 0 Å². The van der Waals surface area contributed by atoms with Gasteiger partial charge in [0.25, 0.3) is 0 Å². The molecule has 0 fully saturated rings. The fraction of sp³-hybridized carbons (Fsp3) is 0.0182. The lowest BCUT2D eigenvalue weighted by molar-refractivity contribution is 0.669. The minimum absolute atomic E-state index is 0.465. The van der Waals surface area contributed by atoms with Crippen molar-refractivity contribution >= 4 is 70.5 Å². The van der Waals surface area contributed by atoms with Gasteiger partial charge >= 0.3 is 0 Å². The fourth-order valence-electron chi connectivity index (χ4n) is 10.4. The zero-order valence-electron chi connectivity index (χ0n) is 31.3. The van der Waals surface area contributed by atoms with Crippen LogP contribution in [0.4, 0.5) is 17.1 Å². The van der Waals surface area contributed by atoms with E-state index >= 15 is 0 Å². The van der Waals surface area contributed by atoms with E-state index in [9.17, 15) is 0 Å². The maximum Gasteiger partial charge on any atom is 0.159 e. The third-order valence-electron chi connectivity index (χ3n) is 12.7. The summed E-state index contributed by atoms with van der Waals surface area (Å²) in [6.07, 6.45) is 0. The second-order valence-corrected chi connectivity index (χ2v) is 16.6. The van der Waals surface area contributed by atoms with E-state index in [0.717, 1.165) is 39.0 Å². The highest BCUT2D eigenvalue weighted by Crippen LogP contribution is 2.63. The Morgan fingerprint density at radius 3 is 1.67 bits per heavy atom. The molecule has 2 aromatic heterocycles. The average molecular weight is 756 g/mol. The molecule has 1 spiro atoms. The zero-order chi connectivity index (χ0) is 38.0. The van der Waals surface area contributed by atoms with Crippen molar-refractivity contribution in [3.63, 3.8) is 0 Å². The van der Waals surface area contributed by atoms with Gasteiger partial charge in [0, 0.05) is 42.2 Å². The number of para-hydroxylation sites is 3. The molecule has 270 valence electrons. The molecule has 0 aliphatic heterocycles. The van der Waals surface area contributed by atoms with Gasteiger partial charge in [0.05, 0.1) is 16.8 Å². The van der Waals surface area contributed by atoms with E-state index in [4.69, 9.17) is 4.42 Å². The van der Waals surface area contributed by atoms with Gasteiger partial charge in [-0.3, -0.25) is 0 Å². The Labute approximate surface area is 339 Å². The first kappa shape index (κ1) is 31.9. The molecule has 3 heteroatoms. The van der Waals surface area contributed by atoms with Crippen LogP contribution in [-0.2, 0) is 5.41 Å². The molecule has 2 aliphatic carbocycles. The number of rotatable bonds is 4. The molecule has 58 heavy (non-hydrogen) atoms. The van der Waals surface area contributed by atoms with E-state index < -0.39 is 5.41 Å². The predicted molar refractivity (Wildman–Crippen MR) is 243 cm³/mol. The van der Waals surface area contributed by atoms with E-state index in [-0.39, 0.29) is 0 Å². The minimum Gasteiger partial charge on any atom is -0.454 e. The monoisotopic (exact) mass is 755 g/mol. The van der Waals surface area contributed by atoms with Gasteiger partial charge in [-0.2, -0.15) is 0 Å². The molecule has 2 aliphatic rings. The number of hydrogen-bond donors (Lipinski definition) is 0. The van der Waals surface area contributed by atoms with Gasteiger partial charge in [0.1, 0.15) is 5.58 Å². The predicted octanol–water partition coefficient (Wildman–Crippen LogP) is 15.4. The molecular formula is C55H33NOS. The summed E-state index contributed by atoms with van der Waals surface area (Å²) in [5.74, 6) is 0. The molecule has 0 saturated carbocycles. The van der Waals surface area contributed by atoms with Gasteiger partial charge < -0.3 is 9.32 Å². The maximum absolute atomic E-state index is 6.86. The number of nitrogens with zero attached hydrogens (tertiary/aromatic N) is 1. The molecule has 0 N–H and O–H groups in total. The van der Waals surface area contributed by atoms with Crippen LogP contribution < -0.4 is 4.90 Å². The third-order valence-corrected chi connectivity index (χ3v) is 13.8. The van der Waals surface area contributed by atoms with Crippen molar-refractivity contribution in [3.05, 3.63) is 222 Å². The molecule has 2 nitrogen and oxygen atoms in total. The van der Waals surface area contributed by atoms with Crippen LogP contribution in [0.3, 0.4) is 0 Å². The SMILES string of the molecule is c1ccc(N(c2ccc3c(c2)C2(c4ccccc4-c4ccccc42)c2ccccc2-3)c2cccc3c2oc2ccccc23)c(-c2cccc3sc4ccccc4c23)c1. The summed E-state index contributed by atoms with van der Waals surface area (Å²) < 4.78 is 9.44. The highest BCUT2D eigenvalue weighted by molar-refractivity contribution is 7.25. The summed E-state index contributed by atoms with van der Waals surface area (Å²) >= 11 is 1.86. The Bertz CT molecular complexity index is 3430. The summed E-state index contributed by atoms with van der Waals surface area (Å²) in [6, 6.07) is 73.7. The Balaban J connectivity index is 1.13. The summed E-state index contributed by atoms with van der Waals surface area (Å²) in [6.45, 7) is 0. The molecule has 0 atom stereocenters. The highest BCUT2D eigenvalue weighted by atomic mass is 32.1. The van der Waals surface area contributed by atoms with Crippen LogP contribution in [0.1, 0.15) is 22.3 Å². The molecule has 0 bridgehead atoms. The molecule has 9 aromatic carbocycles. The van der Waals surface area contributed by atoms with Gasteiger partial charge in [-0.15, -0.1) is 11.3 Å². The molecule has 0 amide bonds. The van der Waals surface area contributed by atoms with Gasteiger partial charge in [-0.25, -0.2) is 0 Å². The van der Waals surface area contributed by atoms with Gasteiger partial charge in [-0.1, -0.05) is 158 Å². The Morgan fingerprint density at radius 1 is 0.379 bits per heavy atom. The lowest BCUT2D eigenvalue weighted by Crippen LogP contribution is -2.26. The largest absolute Gasteiger partial charge is 0.454 e. The number of hydrogen-bond acceptors (Lipinski definition) is 3. The van der Waals surface area contributed by atoms with Crippen LogP contribution in [-0.4, -0.2) is 0 Å². The van der Waals surface area contributed by atoms with Crippen molar-refractivity contribution in [2.75, 3.05) is 4.90 Å². The van der Waals surface area contributed by atoms with Crippen LogP contribution in [0.25, 0.3) is 75.5 Å². The van der Waals surface area contributed by atoms with Crippen molar-refractivity contribution in [3.8, 4) is 33.4 Å². The molecular weight excluding hydrogens is 723 g/mol. The summed E-state index contributed by atoms with van der Waals surface area (Å²) in [4.78, 5) is 2.46. The Kier molecular flexibility index (Phi) is 6.56. The Hall–Kier alpha value is -7.20. The normalized spacial score (nSPS) is 13.3. The van der Waals surface area contributed by atoms with E-state index in [0.29, 0.717) is 0 Å². The lowest BCUT2D eigenvalue weighted by atomic mass is 9.70. The molecule has 0 unspecified atom stereocenters. The fourth-order valence-corrected chi connectivity index (χ4v) is 11.6. The van der Waals surface area contributed by atoms with Gasteiger partial charge in [-0.05, 0) is 92.5 Å². The molecule has 0 saturated heterocycles. The number of anilines is 3. The average Bonchev–Trinajstić information content (AvgIpc) is 4.02. The van der Waals surface area contributed by atoms with Crippen molar-refractivity contribution in [2.45, 2.75) is 5.41 Å². The topological polar surface area (TPSA) is 16.4 Å². The van der Waals surface area contributed by atoms with Gasteiger partial charge in [0.2, 0.25) is 0 Å². The van der Waals surface area contributed by atoms with E-state index in [1.165, 1.54) is 75.8 Å². The second-order valence-electron chi connectivity index (χ2n) is 15.5. The van der Waals surface area contributed by atoms with E-state index in [1.54, 1.807) is 0 Å². The number of furan rings is 1. The highest BCUT2D eigenvalue weighted by Gasteiger charge is 2.51. The van der Waals surface area contributed by atoms with Crippen molar-refractivity contribution in [2.24, 2.45) is 0 Å². The van der Waals surface area contributed by atoms with Crippen molar-refractivity contribution in [1.82, 2.24) is 0 Å². The maximum atomic E-state index is 6.86. The van der Waals surface area contributed by atoms with Crippen molar-refractivity contribution < 1.29 is 4.42 Å². The van der Waals surface area contributed by atoms with E-state index in [1.807, 2.05) is 11.3 Å². The summed E-state index contributed by atoms with van der Waals surface area (Å²) in [5.41, 5.74) is 17.3.